The van der Waals surface area contributed by atoms with Gasteiger partial charge in [0.1, 0.15) is 11.6 Å². The number of amides is 2. The largest absolute Gasteiger partial charge is 0.484 e. The molecule has 1 heterocycles. The fourth-order valence-corrected chi connectivity index (χ4v) is 3.77. The van der Waals surface area contributed by atoms with Crippen LogP contribution in [0.15, 0.2) is 95.7 Å². The lowest BCUT2D eigenvalue weighted by Gasteiger charge is -2.17. The Kier molecular flexibility index (Phi) is 7.25. The Morgan fingerprint density at radius 1 is 0.972 bits per heavy atom. The minimum Gasteiger partial charge on any atom is -0.484 e. The summed E-state index contributed by atoms with van der Waals surface area (Å²) in [5.74, 6) is -1.28. The standard InChI is InChI=1S/C28H23FN2O5/c1-18-26(28(34)35-2)24(27(33)31(18)22-6-4-3-5-7-22)16-19-8-14-23(15-9-19)36-17-25(32)30-21-12-10-20(29)11-13-21/h3-16H,17H2,1-2H3,(H,30,32). The molecule has 3 aromatic rings. The van der Waals surface area contributed by atoms with E-state index in [0.29, 0.717) is 28.4 Å². The van der Waals surface area contributed by atoms with Gasteiger partial charge in [-0.1, -0.05) is 30.3 Å². The smallest absolute Gasteiger partial charge is 0.340 e. The van der Waals surface area contributed by atoms with Crippen LogP contribution in [0.4, 0.5) is 15.8 Å². The van der Waals surface area contributed by atoms with Gasteiger partial charge in [-0.2, -0.15) is 0 Å². The summed E-state index contributed by atoms with van der Waals surface area (Å²) in [6, 6.07) is 21.2. The normalized spacial score (nSPS) is 14.2. The summed E-state index contributed by atoms with van der Waals surface area (Å²) in [4.78, 5) is 39.4. The zero-order valence-electron chi connectivity index (χ0n) is 19.7. The minimum atomic E-state index is -0.599. The predicted octanol–water partition coefficient (Wildman–Crippen LogP) is 4.72. The molecule has 1 aliphatic heterocycles. The number of carbonyl (C=O) groups excluding carboxylic acids is 3. The number of ether oxygens (including phenoxy) is 2. The van der Waals surface area contributed by atoms with Crippen LogP contribution in [-0.2, 0) is 19.1 Å². The van der Waals surface area contributed by atoms with Crippen LogP contribution in [0.2, 0.25) is 0 Å². The van der Waals surface area contributed by atoms with Gasteiger partial charge in [-0.15, -0.1) is 0 Å². The number of allylic oxidation sites excluding steroid dienone is 1. The summed E-state index contributed by atoms with van der Waals surface area (Å²) in [6.45, 7) is 1.46. The maximum Gasteiger partial charge on any atom is 0.340 e. The van der Waals surface area contributed by atoms with E-state index in [2.05, 4.69) is 5.32 Å². The highest BCUT2D eigenvalue weighted by atomic mass is 19.1. The topological polar surface area (TPSA) is 84.9 Å². The highest BCUT2D eigenvalue weighted by Crippen LogP contribution is 2.35. The number of benzene rings is 3. The van der Waals surface area contributed by atoms with Gasteiger partial charge in [-0.05, 0) is 67.1 Å². The SMILES string of the molecule is COC(=O)C1=C(C)N(c2ccccc2)C(=O)C1=Cc1ccc(OCC(=O)Nc2ccc(F)cc2)cc1. The molecule has 0 spiro atoms. The number of rotatable bonds is 7. The van der Waals surface area contributed by atoms with Gasteiger partial charge in [0.2, 0.25) is 0 Å². The molecular formula is C28H23FN2O5. The van der Waals surface area contributed by atoms with Gasteiger partial charge >= 0.3 is 5.97 Å². The van der Waals surface area contributed by atoms with E-state index in [1.807, 2.05) is 18.2 Å². The van der Waals surface area contributed by atoms with Crippen LogP contribution in [-0.4, -0.2) is 31.5 Å². The molecule has 2 amide bonds. The molecule has 0 unspecified atom stereocenters. The first-order chi connectivity index (χ1) is 17.4. The van der Waals surface area contributed by atoms with Gasteiger partial charge < -0.3 is 14.8 Å². The summed E-state index contributed by atoms with van der Waals surface area (Å²) < 4.78 is 23.4. The molecule has 1 N–H and O–H groups in total. The number of halogens is 1. The number of methoxy groups -OCH3 is 1. The molecule has 1 aliphatic rings. The molecule has 0 atom stereocenters. The van der Waals surface area contributed by atoms with Gasteiger partial charge in [0.25, 0.3) is 11.8 Å². The zero-order chi connectivity index (χ0) is 25.7. The van der Waals surface area contributed by atoms with Crippen molar-refractivity contribution in [1.82, 2.24) is 0 Å². The van der Waals surface area contributed by atoms with Crippen LogP contribution in [0, 0.1) is 5.82 Å². The maximum absolute atomic E-state index is 13.3. The fraction of sp³-hybridized carbons (Fsp3) is 0.107. The number of hydrogen-bond acceptors (Lipinski definition) is 5. The number of anilines is 2. The van der Waals surface area contributed by atoms with Crippen LogP contribution in [0.1, 0.15) is 12.5 Å². The quantitative estimate of drug-likeness (QED) is 0.386. The first-order valence-electron chi connectivity index (χ1n) is 11.1. The van der Waals surface area contributed by atoms with Gasteiger partial charge in [-0.3, -0.25) is 14.5 Å². The first-order valence-corrected chi connectivity index (χ1v) is 11.1. The van der Waals surface area contributed by atoms with Crippen molar-refractivity contribution in [2.24, 2.45) is 0 Å². The Hall–Kier alpha value is -4.72. The third-order valence-electron chi connectivity index (χ3n) is 5.49. The molecule has 4 rings (SSSR count). The van der Waals surface area contributed by atoms with E-state index in [9.17, 15) is 18.8 Å². The Balaban J connectivity index is 1.48. The minimum absolute atomic E-state index is 0.198. The first kappa shape index (κ1) is 24.4. The lowest BCUT2D eigenvalue weighted by molar-refractivity contribution is -0.136. The van der Waals surface area contributed by atoms with Crippen molar-refractivity contribution in [3.05, 3.63) is 107 Å². The van der Waals surface area contributed by atoms with Crippen molar-refractivity contribution in [2.45, 2.75) is 6.92 Å². The molecule has 0 radical (unpaired) electrons. The second-order valence-corrected chi connectivity index (χ2v) is 7.90. The molecule has 0 aliphatic carbocycles. The molecule has 3 aromatic carbocycles. The van der Waals surface area contributed by atoms with Gasteiger partial charge in [0.05, 0.1) is 18.3 Å². The summed E-state index contributed by atoms with van der Waals surface area (Å²) in [7, 11) is 1.27. The van der Waals surface area contributed by atoms with Crippen molar-refractivity contribution >= 4 is 35.2 Å². The molecule has 182 valence electrons. The van der Waals surface area contributed by atoms with E-state index >= 15 is 0 Å². The lowest BCUT2D eigenvalue weighted by Crippen LogP contribution is -2.24. The van der Waals surface area contributed by atoms with Gasteiger partial charge in [0.15, 0.2) is 6.61 Å². The van der Waals surface area contributed by atoms with Crippen molar-refractivity contribution in [3.63, 3.8) is 0 Å². The van der Waals surface area contributed by atoms with E-state index in [4.69, 9.17) is 9.47 Å². The molecule has 0 fully saturated rings. The van der Waals surface area contributed by atoms with Gasteiger partial charge in [0, 0.05) is 17.1 Å². The average Bonchev–Trinajstić information content (AvgIpc) is 3.14. The Labute approximate surface area is 207 Å². The number of para-hydroxylation sites is 1. The predicted molar refractivity (Wildman–Crippen MR) is 134 cm³/mol. The number of nitrogens with one attached hydrogen (secondary N) is 1. The molecular weight excluding hydrogens is 463 g/mol. The molecule has 8 heteroatoms. The highest BCUT2D eigenvalue weighted by Gasteiger charge is 2.37. The molecule has 0 saturated carbocycles. The maximum atomic E-state index is 13.3. The van der Waals surface area contributed by atoms with Crippen LogP contribution in [0.25, 0.3) is 6.08 Å². The number of carbonyl (C=O) groups is 3. The van der Waals surface area contributed by atoms with Crippen molar-refractivity contribution in [1.29, 1.82) is 0 Å². The molecule has 0 bridgehead atoms. The summed E-state index contributed by atoms with van der Waals surface area (Å²) >= 11 is 0. The fourth-order valence-electron chi connectivity index (χ4n) is 3.77. The number of hydrogen-bond donors (Lipinski definition) is 1. The van der Waals surface area contributed by atoms with Crippen LogP contribution < -0.4 is 15.0 Å². The molecule has 0 aromatic heterocycles. The van der Waals surface area contributed by atoms with Crippen LogP contribution >= 0.6 is 0 Å². The average molecular weight is 486 g/mol. The van der Waals surface area contributed by atoms with Crippen molar-refractivity contribution in [3.8, 4) is 5.75 Å². The van der Waals surface area contributed by atoms with E-state index in [-0.39, 0.29) is 23.7 Å². The zero-order valence-corrected chi connectivity index (χ0v) is 19.7. The Bertz CT molecular complexity index is 1350. The van der Waals surface area contributed by atoms with Crippen LogP contribution in [0.3, 0.4) is 0 Å². The summed E-state index contributed by atoms with van der Waals surface area (Å²) in [5.41, 5.74) is 2.66. The second-order valence-electron chi connectivity index (χ2n) is 7.90. The Morgan fingerprint density at radius 3 is 2.28 bits per heavy atom. The van der Waals surface area contributed by atoms with Crippen molar-refractivity contribution in [2.75, 3.05) is 23.9 Å². The van der Waals surface area contributed by atoms with E-state index < -0.39 is 17.7 Å². The van der Waals surface area contributed by atoms with Crippen molar-refractivity contribution < 1.29 is 28.2 Å². The lowest BCUT2D eigenvalue weighted by atomic mass is 10.0. The molecule has 36 heavy (non-hydrogen) atoms. The molecule has 0 saturated heterocycles. The number of nitrogens with zero attached hydrogens (tertiary/aromatic N) is 1. The molecule has 7 nitrogen and oxygen atoms in total. The highest BCUT2D eigenvalue weighted by molar-refractivity contribution is 6.23. The van der Waals surface area contributed by atoms with E-state index in [1.54, 1.807) is 49.4 Å². The van der Waals surface area contributed by atoms with E-state index in [0.717, 1.165) is 0 Å². The van der Waals surface area contributed by atoms with Gasteiger partial charge in [-0.25, -0.2) is 9.18 Å². The third kappa shape index (κ3) is 5.33. The monoisotopic (exact) mass is 486 g/mol. The third-order valence-corrected chi connectivity index (χ3v) is 5.49. The van der Waals surface area contributed by atoms with Crippen LogP contribution in [0.5, 0.6) is 5.75 Å². The number of esters is 1. The summed E-state index contributed by atoms with van der Waals surface area (Å²) in [6.07, 6.45) is 1.62. The Morgan fingerprint density at radius 2 is 1.64 bits per heavy atom. The second kappa shape index (κ2) is 10.7. The van der Waals surface area contributed by atoms with E-state index in [1.165, 1.54) is 36.3 Å². The summed E-state index contributed by atoms with van der Waals surface area (Å²) in [5, 5.41) is 2.62.